The number of hydrogen-bond acceptors (Lipinski definition) is 7. The molecule has 1 aromatic carbocycles. The molecule has 10 heteroatoms. The van der Waals surface area contributed by atoms with Gasteiger partial charge >= 0.3 is 19.5 Å². The summed E-state index contributed by atoms with van der Waals surface area (Å²) in [5.41, 5.74) is 1.12. The largest absolute Gasteiger partial charge is 2.00 e. The summed E-state index contributed by atoms with van der Waals surface area (Å²) < 4.78 is 0. The molecule has 0 bridgehead atoms. The minimum Gasteiger partial charge on any atom is -0.543 e. The summed E-state index contributed by atoms with van der Waals surface area (Å²) in [6.07, 6.45) is 3.60. The maximum Gasteiger partial charge on any atom is 2.00 e. The van der Waals surface area contributed by atoms with Crippen molar-refractivity contribution in [2.24, 2.45) is 0 Å². The average Bonchev–Trinajstić information content (AvgIpc) is 2.68. The average molecular weight is 448 g/mol. The summed E-state index contributed by atoms with van der Waals surface area (Å²) in [7, 11) is 0. The molecule has 0 unspecified atom stereocenters. The Morgan fingerprint density at radius 1 is 0.690 bits per heavy atom. The summed E-state index contributed by atoms with van der Waals surface area (Å²) in [5, 5.41) is 22.7. The first-order chi connectivity index (χ1) is 12.6. The molecular formula is C19H16N3O6Zn+. The van der Waals surface area contributed by atoms with Gasteiger partial charge in [0, 0.05) is 23.2 Å². The molecule has 0 saturated heterocycles. The Bertz CT molecular complexity index is 1040. The minimum atomic E-state index is -1.52. The van der Waals surface area contributed by atoms with Crippen LogP contribution in [0.5, 0.6) is 0 Å². The van der Waals surface area contributed by atoms with Crippen LogP contribution in [0.2, 0.25) is 0 Å². The van der Waals surface area contributed by atoms with E-state index in [1.54, 1.807) is 12.4 Å². The molecule has 0 radical (unpaired) electrons. The van der Waals surface area contributed by atoms with Crippen LogP contribution in [-0.2, 0) is 25.0 Å². The number of nitrogens with zero attached hydrogens (tertiary/aromatic N) is 3. The van der Waals surface area contributed by atoms with E-state index in [2.05, 4.69) is 39.2 Å². The number of rotatable bonds is 2. The number of aromatic carboxylic acids is 2. The van der Waals surface area contributed by atoms with Crippen LogP contribution in [0.15, 0.2) is 67.0 Å². The number of pyridine rings is 3. The van der Waals surface area contributed by atoms with Gasteiger partial charge in [0.15, 0.2) is 0 Å². The molecule has 144 valence electrons. The van der Waals surface area contributed by atoms with E-state index in [-0.39, 0.29) is 30.4 Å². The second kappa shape index (κ2) is 11.5. The number of carbonyl (C=O) groups is 2. The van der Waals surface area contributed by atoms with Gasteiger partial charge in [0.1, 0.15) is 0 Å². The van der Waals surface area contributed by atoms with E-state index in [0.29, 0.717) is 0 Å². The second-order valence-electron chi connectivity index (χ2n) is 5.20. The molecule has 0 amide bonds. The number of fused-ring (bicyclic) bond motifs is 3. The molecule has 0 atom stereocenters. The van der Waals surface area contributed by atoms with Crippen LogP contribution in [0.1, 0.15) is 21.0 Å². The zero-order chi connectivity index (χ0) is 18.5. The fourth-order valence-corrected chi connectivity index (χ4v) is 2.34. The standard InChI is InChI=1S/C12H8N2.C7H5NO4.2H2O.Zn/c1-3-9-5-6-10-4-2-8-14-12(10)11(9)13-7-1;9-6(10)4-2-1-3-5(8-4)7(11)12;;;/h1-8H;1-3H,(H,9,10)(H,11,12);2*1H2;/q;;;;+2/p-1. The monoisotopic (exact) mass is 446 g/mol. The molecule has 9 nitrogen and oxygen atoms in total. The molecule has 3 aromatic heterocycles. The van der Waals surface area contributed by atoms with Gasteiger partial charge in [0.2, 0.25) is 0 Å². The third kappa shape index (κ3) is 6.08. The summed E-state index contributed by atoms with van der Waals surface area (Å²) in [6.45, 7) is 0. The van der Waals surface area contributed by atoms with Crippen LogP contribution in [0.4, 0.5) is 0 Å². The predicted molar refractivity (Wildman–Crippen MR) is 98.4 cm³/mol. The number of carboxylic acids is 2. The van der Waals surface area contributed by atoms with Crippen LogP contribution in [0.25, 0.3) is 21.8 Å². The van der Waals surface area contributed by atoms with Gasteiger partial charge in [-0.1, -0.05) is 30.3 Å². The predicted octanol–water partition coefficient (Wildman–Crippen LogP) is -1.16. The molecule has 3 heterocycles. The number of hydrogen-bond donors (Lipinski definition) is 0. The first kappa shape index (κ1) is 25.7. The van der Waals surface area contributed by atoms with Crippen molar-refractivity contribution in [3.8, 4) is 0 Å². The Morgan fingerprint density at radius 2 is 1.10 bits per heavy atom. The van der Waals surface area contributed by atoms with Gasteiger partial charge in [-0.15, -0.1) is 0 Å². The molecule has 4 rings (SSSR count). The van der Waals surface area contributed by atoms with E-state index in [9.17, 15) is 19.8 Å². The molecule has 0 spiro atoms. The fourth-order valence-electron chi connectivity index (χ4n) is 2.34. The molecule has 29 heavy (non-hydrogen) atoms. The third-order valence-electron chi connectivity index (χ3n) is 3.51. The van der Waals surface area contributed by atoms with Crippen LogP contribution in [0.3, 0.4) is 0 Å². The van der Waals surface area contributed by atoms with Crippen molar-refractivity contribution in [2.45, 2.75) is 0 Å². The SMILES string of the molecule is O.O=C([O-])c1cccc(C(=O)[O-])n1.[OH3+].[Zn+2].c1cnc2c(c1)ccc1cccnc12. The van der Waals surface area contributed by atoms with Gasteiger partial charge < -0.3 is 30.8 Å². The number of aromatic nitrogens is 3. The molecule has 0 saturated carbocycles. The first-order valence-corrected chi connectivity index (χ1v) is 7.54. The van der Waals surface area contributed by atoms with Crippen molar-refractivity contribution in [1.82, 2.24) is 15.0 Å². The van der Waals surface area contributed by atoms with Gasteiger partial charge in [0.25, 0.3) is 0 Å². The van der Waals surface area contributed by atoms with Crippen molar-refractivity contribution in [2.75, 3.05) is 0 Å². The summed E-state index contributed by atoms with van der Waals surface area (Å²) >= 11 is 0. The Balaban J connectivity index is 0.000000496. The fraction of sp³-hybridized carbons (Fsp3) is 0. The number of benzene rings is 1. The van der Waals surface area contributed by atoms with Crippen LogP contribution >= 0.6 is 0 Å². The number of carbonyl (C=O) groups excluding carboxylic acids is 2. The topological polar surface area (TPSA) is 183 Å². The van der Waals surface area contributed by atoms with Crippen molar-refractivity contribution >= 4 is 33.7 Å². The maximum atomic E-state index is 10.2. The summed E-state index contributed by atoms with van der Waals surface area (Å²) in [5.74, 6) is -3.03. The van der Waals surface area contributed by atoms with E-state index in [1.165, 1.54) is 6.07 Å². The van der Waals surface area contributed by atoms with Crippen molar-refractivity contribution in [3.05, 3.63) is 78.4 Å². The van der Waals surface area contributed by atoms with Crippen LogP contribution in [0, 0.1) is 0 Å². The smallest absolute Gasteiger partial charge is 0.543 e. The molecule has 0 aliphatic carbocycles. The van der Waals surface area contributed by atoms with Crippen LogP contribution < -0.4 is 10.2 Å². The molecule has 0 aliphatic rings. The quantitative estimate of drug-likeness (QED) is 0.211. The Hall–Kier alpha value is -3.33. The van der Waals surface area contributed by atoms with Gasteiger partial charge in [-0.25, -0.2) is 4.98 Å². The van der Waals surface area contributed by atoms with Gasteiger partial charge in [0.05, 0.1) is 34.4 Å². The van der Waals surface area contributed by atoms with Crippen molar-refractivity contribution in [3.63, 3.8) is 0 Å². The van der Waals surface area contributed by atoms with E-state index in [1.807, 2.05) is 12.1 Å². The van der Waals surface area contributed by atoms with E-state index < -0.39 is 23.3 Å². The van der Waals surface area contributed by atoms with Crippen molar-refractivity contribution in [1.29, 1.82) is 0 Å². The maximum absolute atomic E-state index is 10.2. The zero-order valence-electron chi connectivity index (χ0n) is 15.1. The number of carboxylic acid groups (broad SMARTS) is 2. The van der Waals surface area contributed by atoms with E-state index in [4.69, 9.17) is 0 Å². The van der Waals surface area contributed by atoms with Gasteiger partial charge in [-0.2, -0.15) is 0 Å². The Labute approximate surface area is 177 Å². The molecule has 4 aromatic rings. The van der Waals surface area contributed by atoms with Crippen molar-refractivity contribution < 1.29 is 50.2 Å². The molecule has 0 aliphatic heterocycles. The minimum absolute atomic E-state index is 0. The second-order valence-corrected chi connectivity index (χ2v) is 5.20. The van der Waals surface area contributed by atoms with E-state index in [0.717, 1.165) is 33.9 Å². The normalized spacial score (nSPS) is 9.10. The zero-order valence-corrected chi connectivity index (χ0v) is 18.1. The third-order valence-corrected chi connectivity index (χ3v) is 3.51. The Morgan fingerprint density at radius 3 is 1.48 bits per heavy atom. The first-order valence-electron chi connectivity index (χ1n) is 7.54. The summed E-state index contributed by atoms with van der Waals surface area (Å²) in [6, 6.07) is 15.7. The summed E-state index contributed by atoms with van der Waals surface area (Å²) in [4.78, 5) is 32.3. The molecular weight excluding hydrogens is 432 g/mol. The van der Waals surface area contributed by atoms with Gasteiger partial charge in [-0.3, -0.25) is 9.97 Å². The molecule has 5 N–H and O–H groups in total. The molecule has 0 fully saturated rings. The van der Waals surface area contributed by atoms with E-state index >= 15 is 0 Å². The Kier molecular flexibility index (Phi) is 10.2. The van der Waals surface area contributed by atoms with Crippen LogP contribution in [-0.4, -0.2) is 32.4 Å². The van der Waals surface area contributed by atoms with Gasteiger partial charge in [-0.05, 0) is 24.3 Å².